The van der Waals surface area contributed by atoms with Crippen molar-refractivity contribution in [3.8, 4) is 11.2 Å². The highest BCUT2D eigenvalue weighted by atomic mass is 127. The van der Waals surface area contributed by atoms with Gasteiger partial charge in [-0.1, -0.05) is 18.1 Å². The number of hydrogen-bond donors (Lipinski definition) is 0. The lowest BCUT2D eigenvalue weighted by Crippen LogP contribution is -2.41. The van der Waals surface area contributed by atoms with E-state index in [1.807, 2.05) is 25.7 Å². The fourth-order valence-corrected chi connectivity index (χ4v) is 3.42. The van der Waals surface area contributed by atoms with E-state index < -0.39 is 5.60 Å². The summed E-state index contributed by atoms with van der Waals surface area (Å²) in [5.41, 5.74) is 2.01. The van der Waals surface area contributed by atoms with Gasteiger partial charge in [0.05, 0.1) is 0 Å². The van der Waals surface area contributed by atoms with E-state index in [2.05, 4.69) is 56.6 Å². The molecule has 1 aliphatic heterocycles. The zero-order valence-electron chi connectivity index (χ0n) is 15.2. The summed E-state index contributed by atoms with van der Waals surface area (Å²) in [5.74, 6) is 3.80. The first-order valence-corrected chi connectivity index (χ1v) is 12.1. The van der Waals surface area contributed by atoms with Crippen LogP contribution in [0.15, 0.2) is 24.3 Å². The van der Waals surface area contributed by atoms with Crippen molar-refractivity contribution in [2.75, 3.05) is 13.1 Å². The van der Waals surface area contributed by atoms with Crippen molar-refractivity contribution in [3.63, 3.8) is 0 Å². The van der Waals surface area contributed by atoms with E-state index in [0.717, 1.165) is 37.9 Å². The third-order valence-corrected chi connectivity index (χ3v) is 5.14. The zero-order valence-corrected chi connectivity index (χ0v) is 18.2. The van der Waals surface area contributed by atoms with Gasteiger partial charge in [-0.15, -0.1) is 0 Å². The first-order chi connectivity index (χ1) is 11.9. The highest BCUT2D eigenvalue weighted by Crippen LogP contribution is 2.24. The minimum absolute atomic E-state index is 0.174. The van der Waals surface area contributed by atoms with Gasteiger partial charge < -0.3 is 9.64 Å². The summed E-state index contributed by atoms with van der Waals surface area (Å²) in [6.45, 7) is 7.35. The Morgan fingerprint density at radius 3 is 2.48 bits per heavy atom. The van der Waals surface area contributed by atoms with Gasteiger partial charge in [0.15, 0.2) is 0 Å². The van der Waals surface area contributed by atoms with Gasteiger partial charge >= 0.3 is 6.09 Å². The maximum atomic E-state index is 12.1. The van der Waals surface area contributed by atoms with Gasteiger partial charge in [0.25, 0.3) is 0 Å². The van der Waals surface area contributed by atoms with E-state index in [1.165, 1.54) is 20.9 Å². The molecule has 0 unspecified atom stereocenters. The van der Waals surface area contributed by atoms with Crippen LogP contribution in [0.25, 0.3) is 0 Å². The van der Waals surface area contributed by atoms with Crippen molar-refractivity contribution < 1.29 is 9.53 Å². The van der Waals surface area contributed by atoms with Crippen LogP contribution in [0.4, 0.5) is 4.79 Å². The summed E-state index contributed by atoms with van der Waals surface area (Å²) >= 11 is 2.18. The maximum Gasteiger partial charge on any atom is 0.410 e. The Balaban J connectivity index is 1.74. The van der Waals surface area contributed by atoms with Crippen molar-refractivity contribution in [1.29, 1.82) is 0 Å². The zero-order chi connectivity index (χ0) is 18.3. The average molecular weight is 471 g/mol. The van der Waals surface area contributed by atoms with E-state index in [1.54, 1.807) is 0 Å². The van der Waals surface area contributed by atoms with Crippen LogP contribution in [0, 0.1) is 17.1 Å². The standard InChI is InChI=1S/C20H26INO2S/c1-20(2,3)24-19(23)22-13-10-18(11-14-22)9-6-16-4-7-17(8-5-16)12-15-25-21/h4-5,7-8,18H,6,9-11,13-14H2,1-3H3. The molecule has 1 aromatic rings. The number of piperidine rings is 1. The van der Waals surface area contributed by atoms with Gasteiger partial charge in [-0.05, 0) is 84.3 Å². The SMILES string of the molecule is CC(C)(C)OC(=O)N1CCC(CCc2ccc(C#CSI)cc2)CC1. The summed E-state index contributed by atoms with van der Waals surface area (Å²) in [6, 6.07) is 8.55. The van der Waals surface area contributed by atoms with E-state index in [-0.39, 0.29) is 6.09 Å². The highest BCUT2D eigenvalue weighted by Gasteiger charge is 2.26. The molecule has 1 aliphatic rings. The molecule has 25 heavy (non-hydrogen) atoms. The van der Waals surface area contributed by atoms with Crippen LogP contribution in [0.3, 0.4) is 0 Å². The number of aryl methyl sites for hydroxylation is 1. The second-order valence-corrected chi connectivity index (χ2v) is 9.13. The van der Waals surface area contributed by atoms with E-state index in [0.29, 0.717) is 5.92 Å². The Morgan fingerprint density at radius 2 is 1.92 bits per heavy atom. The summed E-state index contributed by atoms with van der Waals surface area (Å²) in [5, 5.41) is 3.01. The Hall–Kier alpha value is -0.870. The number of carbonyl (C=O) groups excluding carboxylic acids is 1. The Kier molecular flexibility index (Phi) is 7.95. The minimum Gasteiger partial charge on any atom is -0.444 e. The van der Waals surface area contributed by atoms with Gasteiger partial charge in [-0.25, -0.2) is 4.79 Å². The number of likely N-dealkylation sites (tertiary alicyclic amines) is 1. The predicted octanol–water partition coefficient (Wildman–Crippen LogP) is 5.66. The van der Waals surface area contributed by atoms with Crippen LogP contribution < -0.4 is 0 Å². The molecule has 1 saturated heterocycles. The molecule has 0 radical (unpaired) electrons. The second-order valence-electron chi connectivity index (χ2n) is 7.45. The molecular formula is C20H26INO2S. The fourth-order valence-electron chi connectivity index (χ4n) is 2.93. The first-order valence-electron chi connectivity index (χ1n) is 8.73. The average Bonchev–Trinajstić information content (AvgIpc) is 2.58. The molecule has 3 nitrogen and oxygen atoms in total. The number of hydrogen-bond acceptors (Lipinski definition) is 3. The Labute approximate surface area is 167 Å². The van der Waals surface area contributed by atoms with Crippen LogP contribution in [0.2, 0.25) is 0 Å². The lowest BCUT2D eigenvalue weighted by atomic mass is 9.90. The summed E-state index contributed by atoms with van der Waals surface area (Å²) < 4.78 is 5.45. The van der Waals surface area contributed by atoms with Crippen LogP contribution in [0.1, 0.15) is 51.2 Å². The number of carbonyl (C=O) groups is 1. The van der Waals surface area contributed by atoms with E-state index in [9.17, 15) is 4.79 Å². The number of benzene rings is 1. The molecule has 136 valence electrons. The quantitative estimate of drug-likeness (QED) is 0.421. The topological polar surface area (TPSA) is 29.5 Å². The molecule has 0 saturated carbocycles. The van der Waals surface area contributed by atoms with Gasteiger partial charge in [0, 0.05) is 39.9 Å². The predicted molar refractivity (Wildman–Crippen MR) is 114 cm³/mol. The molecule has 0 N–H and O–H groups in total. The molecule has 0 aliphatic carbocycles. The fraction of sp³-hybridized carbons (Fsp3) is 0.550. The molecule has 0 spiro atoms. The molecule has 5 heteroatoms. The van der Waals surface area contributed by atoms with Gasteiger partial charge in [0.2, 0.25) is 0 Å². The highest BCUT2D eigenvalue weighted by molar-refractivity contribution is 14.2. The maximum absolute atomic E-state index is 12.1. The van der Waals surface area contributed by atoms with E-state index >= 15 is 0 Å². The van der Waals surface area contributed by atoms with Crippen molar-refractivity contribution in [2.45, 2.75) is 52.1 Å². The van der Waals surface area contributed by atoms with Crippen molar-refractivity contribution in [1.82, 2.24) is 4.90 Å². The molecule has 1 fully saturated rings. The summed E-state index contributed by atoms with van der Waals surface area (Å²) in [6.07, 6.45) is 4.22. The largest absolute Gasteiger partial charge is 0.444 e. The minimum atomic E-state index is -0.417. The Bertz CT molecular complexity index is 620. The smallest absolute Gasteiger partial charge is 0.410 e. The second kappa shape index (κ2) is 9.72. The molecule has 1 aromatic carbocycles. The first kappa shape index (κ1) is 20.4. The van der Waals surface area contributed by atoms with Crippen LogP contribution >= 0.6 is 30.1 Å². The number of halogens is 1. The lowest BCUT2D eigenvalue weighted by molar-refractivity contribution is 0.0181. The number of rotatable bonds is 3. The molecule has 0 aromatic heterocycles. The summed E-state index contributed by atoms with van der Waals surface area (Å²) in [7, 11) is 1.51. The van der Waals surface area contributed by atoms with Gasteiger partial charge in [-0.2, -0.15) is 0 Å². The van der Waals surface area contributed by atoms with Crippen molar-refractivity contribution in [3.05, 3.63) is 35.4 Å². The van der Waals surface area contributed by atoms with Gasteiger partial charge in [-0.3, -0.25) is 0 Å². The molecule has 0 bridgehead atoms. The molecule has 2 rings (SSSR count). The third kappa shape index (κ3) is 7.49. The molecule has 1 amide bonds. The number of ether oxygens (including phenoxy) is 1. The summed E-state index contributed by atoms with van der Waals surface area (Å²) in [4.78, 5) is 13.9. The third-order valence-electron chi connectivity index (χ3n) is 4.30. The normalized spacial score (nSPS) is 15.4. The van der Waals surface area contributed by atoms with Crippen LogP contribution in [-0.2, 0) is 11.2 Å². The van der Waals surface area contributed by atoms with Crippen molar-refractivity contribution in [2.24, 2.45) is 5.92 Å². The molecule has 1 heterocycles. The number of amides is 1. The monoisotopic (exact) mass is 471 g/mol. The van der Waals surface area contributed by atoms with E-state index in [4.69, 9.17) is 4.74 Å². The van der Waals surface area contributed by atoms with Crippen molar-refractivity contribution >= 4 is 36.2 Å². The molecule has 0 atom stereocenters. The van der Waals surface area contributed by atoms with Gasteiger partial charge in [0.1, 0.15) is 5.60 Å². The Morgan fingerprint density at radius 1 is 1.28 bits per heavy atom. The molecular weight excluding hydrogens is 445 g/mol. The number of nitrogens with zero attached hydrogens (tertiary/aromatic N) is 1. The lowest BCUT2D eigenvalue weighted by Gasteiger charge is -2.33. The van der Waals surface area contributed by atoms with Crippen LogP contribution in [0.5, 0.6) is 0 Å². The van der Waals surface area contributed by atoms with Crippen LogP contribution in [-0.4, -0.2) is 29.7 Å².